The van der Waals surface area contributed by atoms with Gasteiger partial charge in [0.05, 0.1) is 12.1 Å². The van der Waals surface area contributed by atoms with Crippen molar-refractivity contribution in [3.05, 3.63) is 18.2 Å². The van der Waals surface area contributed by atoms with Crippen molar-refractivity contribution < 1.29 is 8.42 Å². The van der Waals surface area contributed by atoms with E-state index in [1.807, 2.05) is 10.8 Å². The summed E-state index contributed by atoms with van der Waals surface area (Å²) >= 11 is 5.80. The highest BCUT2D eigenvalue weighted by Gasteiger charge is 2.26. The van der Waals surface area contributed by atoms with Crippen molar-refractivity contribution in [1.29, 1.82) is 0 Å². The quantitative estimate of drug-likeness (QED) is 0.786. The van der Waals surface area contributed by atoms with E-state index in [1.165, 1.54) is 6.26 Å². The second-order valence-corrected chi connectivity index (χ2v) is 7.01. The number of hydrogen-bond acceptors (Lipinski definition) is 3. The number of hydrogen-bond donors (Lipinski definition) is 0. The summed E-state index contributed by atoms with van der Waals surface area (Å²) in [5.41, 5.74) is 0. The predicted molar refractivity (Wildman–Crippen MR) is 70.9 cm³/mol. The SMILES string of the molecule is CS(=O)(=O)N1CCCC(Cn2ccnc2CCl)C1. The van der Waals surface area contributed by atoms with Crippen molar-refractivity contribution in [3.8, 4) is 0 Å². The Hall–Kier alpha value is -0.590. The van der Waals surface area contributed by atoms with Crippen LogP contribution in [0.25, 0.3) is 0 Å². The van der Waals surface area contributed by atoms with Gasteiger partial charge in [0.1, 0.15) is 5.82 Å². The molecule has 0 amide bonds. The van der Waals surface area contributed by atoms with Gasteiger partial charge in [-0.25, -0.2) is 17.7 Å². The van der Waals surface area contributed by atoms with Gasteiger partial charge in [-0.1, -0.05) is 0 Å². The maximum atomic E-state index is 11.5. The minimum Gasteiger partial charge on any atom is -0.334 e. The molecule has 0 spiro atoms. The van der Waals surface area contributed by atoms with Crippen molar-refractivity contribution in [2.45, 2.75) is 25.3 Å². The summed E-state index contributed by atoms with van der Waals surface area (Å²) in [5.74, 6) is 1.56. The molecule has 1 aliphatic rings. The number of halogens is 1. The number of aromatic nitrogens is 2. The van der Waals surface area contributed by atoms with E-state index in [4.69, 9.17) is 11.6 Å². The molecule has 1 aliphatic heterocycles. The molecule has 2 rings (SSSR count). The van der Waals surface area contributed by atoms with Crippen molar-refractivity contribution >= 4 is 21.6 Å². The summed E-state index contributed by atoms with van der Waals surface area (Å²) in [4.78, 5) is 4.17. The first kappa shape index (κ1) is 13.8. The lowest BCUT2D eigenvalue weighted by molar-refractivity contribution is 0.245. The highest BCUT2D eigenvalue weighted by atomic mass is 35.5. The molecular formula is C11H18ClN3O2S. The van der Waals surface area contributed by atoms with Crippen molar-refractivity contribution in [1.82, 2.24) is 13.9 Å². The molecule has 7 heteroatoms. The maximum Gasteiger partial charge on any atom is 0.211 e. The van der Waals surface area contributed by atoms with Gasteiger partial charge in [0.25, 0.3) is 0 Å². The molecule has 0 saturated carbocycles. The van der Waals surface area contributed by atoms with E-state index in [0.29, 0.717) is 24.9 Å². The topological polar surface area (TPSA) is 55.2 Å². The van der Waals surface area contributed by atoms with Crippen LogP contribution in [-0.4, -0.2) is 41.6 Å². The van der Waals surface area contributed by atoms with Gasteiger partial charge in [-0.05, 0) is 18.8 Å². The second kappa shape index (κ2) is 5.59. The van der Waals surface area contributed by atoms with E-state index >= 15 is 0 Å². The van der Waals surface area contributed by atoms with Gasteiger partial charge in [-0.2, -0.15) is 0 Å². The first-order valence-corrected chi connectivity index (χ1v) is 8.40. The molecule has 2 heterocycles. The lowest BCUT2D eigenvalue weighted by Gasteiger charge is -2.31. The van der Waals surface area contributed by atoms with Crippen LogP contribution >= 0.6 is 11.6 Å². The molecule has 1 saturated heterocycles. The normalized spacial score (nSPS) is 22.2. The van der Waals surface area contributed by atoms with Gasteiger partial charge in [-0.3, -0.25) is 0 Å². The van der Waals surface area contributed by atoms with Gasteiger partial charge < -0.3 is 4.57 Å². The molecule has 1 aromatic heterocycles. The standard InChI is InChI=1S/C11H18ClN3O2S/c1-18(16,17)15-5-2-3-10(9-15)8-14-6-4-13-11(14)7-12/h4,6,10H,2-3,5,7-9H2,1H3. The van der Waals surface area contributed by atoms with Crippen molar-refractivity contribution in [3.63, 3.8) is 0 Å². The van der Waals surface area contributed by atoms with Crippen molar-refractivity contribution in [2.75, 3.05) is 19.3 Å². The number of sulfonamides is 1. The number of piperidine rings is 1. The van der Waals surface area contributed by atoms with Crippen LogP contribution in [0.15, 0.2) is 12.4 Å². The molecule has 0 aliphatic carbocycles. The van der Waals surface area contributed by atoms with Gasteiger partial charge in [0.15, 0.2) is 0 Å². The molecule has 18 heavy (non-hydrogen) atoms. The fourth-order valence-corrected chi connectivity index (χ4v) is 3.56. The third-order valence-electron chi connectivity index (χ3n) is 3.33. The molecule has 102 valence electrons. The fraction of sp³-hybridized carbons (Fsp3) is 0.727. The third kappa shape index (κ3) is 3.24. The van der Waals surface area contributed by atoms with Gasteiger partial charge in [0.2, 0.25) is 10.0 Å². The molecule has 5 nitrogen and oxygen atoms in total. The Morgan fingerprint density at radius 2 is 2.33 bits per heavy atom. The highest BCUT2D eigenvalue weighted by molar-refractivity contribution is 7.88. The van der Waals surface area contributed by atoms with Crippen LogP contribution < -0.4 is 0 Å². The monoisotopic (exact) mass is 291 g/mol. The Balaban J connectivity index is 2.02. The van der Waals surface area contributed by atoms with Crippen LogP contribution in [0.5, 0.6) is 0 Å². The summed E-state index contributed by atoms with van der Waals surface area (Å²) in [6, 6.07) is 0. The van der Waals surface area contributed by atoms with Crippen LogP contribution in [0.3, 0.4) is 0 Å². The summed E-state index contributed by atoms with van der Waals surface area (Å²) < 4.78 is 26.7. The number of nitrogens with zero attached hydrogens (tertiary/aromatic N) is 3. The number of imidazole rings is 1. The Labute approximate surface area is 113 Å². The number of alkyl halides is 1. The third-order valence-corrected chi connectivity index (χ3v) is 4.84. The Morgan fingerprint density at radius 3 is 3.00 bits per heavy atom. The lowest BCUT2D eigenvalue weighted by atomic mass is 10.00. The maximum absolute atomic E-state index is 11.5. The van der Waals surface area contributed by atoms with E-state index in [0.717, 1.165) is 25.2 Å². The summed E-state index contributed by atoms with van der Waals surface area (Å²) in [7, 11) is -3.07. The lowest BCUT2D eigenvalue weighted by Crippen LogP contribution is -2.40. The Bertz CT molecular complexity index is 500. The first-order valence-electron chi connectivity index (χ1n) is 6.02. The predicted octanol–water partition coefficient (Wildman–Crippen LogP) is 1.29. The molecule has 0 aromatic carbocycles. The summed E-state index contributed by atoms with van der Waals surface area (Å²) in [6.45, 7) is 2.02. The summed E-state index contributed by atoms with van der Waals surface area (Å²) in [5, 5.41) is 0. The molecule has 1 fully saturated rings. The zero-order chi connectivity index (χ0) is 13.2. The minimum atomic E-state index is -3.07. The van der Waals surface area contributed by atoms with E-state index in [9.17, 15) is 8.42 Å². The zero-order valence-electron chi connectivity index (χ0n) is 10.4. The van der Waals surface area contributed by atoms with Crippen LogP contribution in [0.4, 0.5) is 0 Å². The van der Waals surface area contributed by atoms with Crippen molar-refractivity contribution in [2.24, 2.45) is 5.92 Å². The minimum absolute atomic E-state index is 0.338. The molecule has 0 bridgehead atoms. The largest absolute Gasteiger partial charge is 0.334 e. The van der Waals surface area contributed by atoms with E-state index in [-0.39, 0.29) is 0 Å². The van der Waals surface area contributed by atoms with Gasteiger partial charge >= 0.3 is 0 Å². The average molecular weight is 292 g/mol. The molecule has 1 aromatic rings. The second-order valence-electron chi connectivity index (χ2n) is 4.76. The first-order chi connectivity index (χ1) is 8.50. The Kier molecular flexibility index (Phi) is 4.29. The molecular weight excluding hydrogens is 274 g/mol. The van der Waals surface area contributed by atoms with Crippen LogP contribution in [0.1, 0.15) is 18.7 Å². The Morgan fingerprint density at radius 1 is 1.56 bits per heavy atom. The molecule has 1 atom stereocenters. The number of rotatable bonds is 4. The fourth-order valence-electron chi connectivity index (χ4n) is 2.39. The van der Waals surface area contributed by atoms with Crippen LogP contribution in [0, 0.1) is 5.92 Å². The van der Waals surface area contributed by atoms with E-state index < -0.39 is 10.0 Å². The highest BCUT2D eigenvalue weighted by Crippen LogP contribution is 2.21. The van der Waals surface area contributed by atoms with Gasteiger partial charge in [-0.15, -0.1) is 11.6 Å². The van der Waals surface area contributed by atoms with Crippen LogP contribution in [-0.2, 0) is 22.4 Å². The molecule has 0 N–H and O–H groups in total. The smallest absolute Gasteiger partial charge is 0.211 e. The summed E-state index contributed by atoms with van der Waals surface area (Å²) in [6.07, 6.45) is 6.87. The molecule has 0 radical (unpaired) electrons. The van der Waals surface area contributed by atoms with Gasteiger partial charge in [0, 0.05) is 32.0 Å². The molecule has 1 unspecified atom stereocenters. The van der Waals surface area contributed by atoms with E-state index in [1.54, 1.807) is 10.5 Å². The van der Waals surface area contributed by atoms with E-state index in [2.05, 4.69) is 4.98 Å². The average Bonchev–Trinajstić information content (AvgIpc) is 2.75. The zero-order valence-corrected chi connectivity index (χ0v) is 12.0. The van der Waals surface area contributed by atoms with Crippen LogP contribution in [0.2, 0.25) is 0 Å².